The number of aryl methyl sites for hydroxylation is 1. The number of hydrogen-bond donors (Lipinski definition) is 1. The van der Waals surface area contributed by atoms with Gasteiger partial charge in [-0.1, -0.05) is 20.3 Å². The first-order valence-electron chi connectivity index (χ1n) is 6.96. The number of nitrogens with one attached hydrogen (secondary N) is 1. The summed E-state index contributed by atoms with van der Waals surface area (Å²) in [4.78, 5) is 3.08. The maximum absolute atomic E-state index is 12.4. The molecule has 0 atom stereocenters. The van der Waals surface area contributed by atoms with Crippen molar-refractivity contribution in [3.05, 3.63) is 18.2 Å². The number of aromatic nitrogens is 3. The largest absolute Gasteiger partial charge is 0.419 e. The van der Waals surface area contributed by atoms with E-state index in [4.69, 9.17) is 4.42 Å². The fourth-order valence-electron chi connectivity index (χ4n) is 1.83. The fourth-order valence-corrected chi connectivity index (χ4v) is 3.04. The van der Waals surface area contributed by atoms with Crippen molar-refractivity contribution in [2.75, 3.05) is 13.6 Å². The van der Waals surface area contributed by atoms with Crippen LogP contribution in [0.2, 0.25) is 0 Å². The number of hydrogen-bond acceptors (Lipinski definition) is 5. The lowest BCUT2D eigenvalue weighted by Gasteiger charge is -2.15. The van der Waals surface area contributed by atoms with Gasteiger partial charge in [-0.3, -0.25) is 0 Å². The van der Waals surface area contributed by atoms with Crippen LogP contribution in [0, 0.1) is 0 Å². The molecule has 0 unspecified atom stereocenters. The van der Waals surface area contributed by atoms with E-state index in [2.05, 4.69) is 15.2 Å². The van der Waals surface area contributed by atoms with E-state index in [1.807, 2.05) is 13.8 Å². The van der Waals surface area contributed by atoms with Crippen molar-refractivity contribution < 1.29 is 12.8 Å². The Kier molecular flexibility index (Phi) is 4.79. The average Bonchev–Trinajstić information content (AvgIpc) is 3.12. The summed E-state index contributed by atoms with van der Waals surface area (Å²) in [5.74, 6) is 0.814. The second kappa shape index (κ2) is 6.40. The summed E-state index contributed by atoms with van der Waals surface area (Å²) in [7, 11) is -1.90. The molecule has 7 nitrogen and oxygen atoms in total. The number of aromatic amines is 1. The smallest absolute Gasteiger partial charge is 0.264 e. The minimum atomic E-state index is -3.48. The van der Waals surface area contributed by atoms with E-state index in [0.717, 1.165) is 12.8 Å². The highest BCUT2D eigenvalue weighted by Gasteiger charge is 2.23. The quantitative estimate of drug-likeness (QED) is 0.844. The first kappa shape index (κ1) is 15.7. The van der Waals surface area contributed by atoms with Crippen LogP contribution in [0.3, 0.4) is 0 Å². The summed E-state index contributed by atoms with van der Waals surface area (Å²) in [5, 5.41) is 7.75. The summed E-state index contributed by atoms with van der Waals surface area (Å²) < 4.78 is 31.5. The van der Waals surface area contributed by atoms with Crippen LogP contribution < -0.4 is 0 Å². The second-order valence-electron chi connectivity index (χ2n) is 4.78. The molecule has 21 heavy (non-hydrogen) atoms. The lowest BCUT2D eigenvalue weighted by molar-refractivity contribution is 0.459. The van der Waals surface area contributed by atoms with E-state index in [0.29, 0.717) is 30.4 Å². The van der Waals surface area contributed by atoms with Crippen LogP contribution in [-0.2, 0) is 16.4 Å². The Morgan fingerprint density at radius 3 is 2.71 bits per heavy atom. The standard InChI is InChI=1S/C13H20N4O3S/c1-4-6-7-17(3)21(18,19)10-8-11(14-9-10)13-16-15-12(5-2)20-13/h8-9,14H,4-7H2,1-3H3. The lowest BCUT2D eigenvalue weighted by atomic mass is 10.3. The topological polar surface area (TPSA) is 92.1 Å². The third-order valence-corrected chi connectivity index (χ3v) is 5.03. The van der Waals surface area contributed by atoms with Crippen LogP contribution >= 0.6 is 0 Å². The molecule has 0 amide bonds. The van der Waals surface area contributed by atoms with E-state index in [-0.39, 0.29) is 4.90 Å². The van der Waals surface area contributed by atoms with Crippen molar-refractivity contribution in [2.45, 2.75) is 38.0 Å². The van der Waals surface area contributed by atoms with Gasteiger partial charge in [-0.15, -0.1) is 10.2 Å². The molecule has 0 saturated heterocycles. The molecule has 0 aliphatic carbocycles. The predicted octanol–water partition coefficient (Wildman–Crippen LogP) is 2.05. The molecule has 0 fully saturated rings. The number of nitrogens with zero attached hydrogens (tertiary/aromatic N) is 3. The zero-order chi connectivity index (χ0) is 15.5. The summed E-state index contributed by atoms with van der Waals surface area (Å²) >= 11 is 0. The van der Waals surface area contributed by atoms with Gasteiger partial charge in [-0.2, -0.15) is 0 Å². The third kappa shape index (κ3) is 3.33. The number of rotatable bonds is 7. The molecule has 116 valence electrons. The van der Waals surface area contributed by atoms with E-state index in [1.54, 1.807) is 7.05 Å². The van der Waals surface area contributed by atoms with E-state index in [1.165, 1.54) is 16.6 Å². The van der Waals surface area contributed by atoms with Gasteiger partial charge in [0.05, 0.1) is 0 Å². The molecule has 0 aliphatic heterocycles. The van der Waals surface area contributed by atoms with Gasteiger partial charge in [0, 0.05) is 26.2 Å². The third-order valence-electron chi connectivity index (χ3n) is 3.19. The summed E-state index contributed by atoms with van der Waals surface area (Å²) in [6.07, 6.45) is 3.86. The molecule has 0 radical (unpaired) electrons. The highest BCUT2D eigenvalue weighted by Crippen LogP contribution is 2.22. The molecule has 0 aromatic carbocycles. The zero-order valence-electron chi connectivity index (χ0n) is 12.5. The molecule has 2 rings (SSSR count). The molecule has 0 spiro atoms. The molecule has 2 aromatic heterocycles. The van der Waals surface area contributed by atoms with E-state index in [9.17, 15) is 8.42 Å². The molecule has 8 heteroatoms. The Hall–Kier alpha value is -1.67. The Balaban J connectivity index is 2.22. The number of H-pyrrole nitrogens is 1. The number of sulfonamides is 1. The maximum Gasteiger partial charge on any atom is 0.264 e. The Morgan fingerprint density at radius 2 is 2.10 bits per heavy atom. The van der Waals surface area contributed by atoms with Crippen LogP contribution in [0.1, 0.15) is 32.6 Å². The second-order valence-corrected chi connectivity index (χ2v) is 6.83. The SMILES string of the molecule is CCCCN(C)S(=O)(=O)c1c[nH]c(-c2nnc(CC)o2)c1. The molecule has 2 heterocycles. The van der Waals surface area contributed by atoms with Crippen LogP contribution in [0.4, 0.5) is 0 Å². The molecular weight excluding hydrogens is 292 g/mol. The van der Waals surface area contributed by atoms with Gasteiger partial charge in [-0.25, -0.2) is 12.7 Å². The minimum Gasteiger partial charge on any atom is -0.419 e. The number of unbranched alkanes of at least 4 members (excludes halogenated alkanes) is 1. The highest BCUT2D eigenvalue weighted by molar-refractivity contribution is 7.89. The van der Waals surface area contributed by atoms with Crippen molar-refractivity contribution in [1.29, 1.82) is 0 Å². The van der Waals surface area contributed by atoms with Gasteiger partial charge in [-0.05, 0) is 12.5 Å². The lowest BCUT2D eigenvalue weighted by Crippen LogP contribution is -2.27. The minimum absolute atomic E-state index is 0.201. The summed E-state index contributed by atoms with van der Waals surface area (Å²) in [5.41, 5.74) is 0.504. The van der Waals surface area contributed by atoms with E-state index < -0.39 is 10.0 Å². The van der Waals surface area contributed by atoms with Gasteiger partial charge in [0.15, 0.2) is 0 Å². The highest BCUT2D eigenvalue weighted by atomic mass is 32.2. The first-order valence-corrected chi connectivity index (χ1v) is 8.40. The molecular formula is C13H20N4O3S. The van der Waals surface area contributed by atoms with Crippen molar-refractivity contribution in [3.8, 4) is 11.6 Å². The van der Waals surface area contributed by atoms with Crippen LogP contribution in [-0.4, -0.2) is 41.5 Å². The average molecular weight is 312 g/mol. The van der Waals surface area contributed by atoms with Crippen molar-refractivity contribution in [3.63, 3.8) is 0 Å². The molecule has 0 bridgehead atoms. The van der Waals surface area contributed by atoms with Crippen molar-refractivity contribution in [2.24, 2.45) is 0 Å². The van der Waals surface area contributed by atoms with Crippen LogP contribution in [0.25, 0.3) is 11.6 Å². The fraction of sp³-hybridized carbons (Fsp3) is 0.538. The summed E-state index contributed by atoms with van der Waals surface area (Å²) in [6.45, 7) is 4.43. The van der Waals surface area contributed by atoms with Crippen LogP contribution in [0.5, 0.6) is 0 Å². The first-order chi connectivity index (χ1) is 9.98. The Morgan fingerprint density at radius 1 is 1.33 bits per heavy atom. The van der Waals surface area contributed by atoms with Gasteiger partial charge >= 0.3 is 0 Å². The van der Waals surface area contributed by atoms with Crippen molar-refractivity contribution in [1.82, 2.24) is 19.5 Å². The monoisotopic (exact) mass is 312 g/mol. The zero-order valence-corrected chi connectivity index (χ0v) is 13.3. The van der Waals surface area contributed by atoms with Gasteiger partial charge in [0.2, 0.25) is 15.9 Å². The molecule has 0 saturated carbocycles. The summed E-state index contributed by atoms with van der Waals surface area (Å²) in [6, 6.07) is 1.52. The van der Waals surface area contributed by atoms with Crippen molar-refractivity contribution >= 4 is 10.0 Å². The van der Waals surface area contributed by atoms with Gasteiger partial charge < -0.3 is 9.40 Å². The van der Waals surface area contributed by atoms with Crippen LogP contribution in [0.15, 0.2) is 21.6 Å². The van der Waals surface area contributed by atoms with Gasteiger partial charge in [0.25, 0.3) is 5.89 Å². The Labute approximate surface area is 124 Å². The predicted molar refractivity (Wildman–Crippen MR) is 78.2 cm³/mol. The van der Waals surface area contributed by atoms with Gasteiger partial charge in [0.1, 0.15) is 10.6 Å². The maximum atomic E-state index is 12.4. The molecule has 2 aromatic rings. The normalized spacial score (nSPS) is 12.2. The molecule has 1 N–H and O–H groups in total. The van der Waals surface area contributed by atoms with E-state index >= 15 is 0 Å². The molecule has 0 aliphatic rings. The Bertz CT molecular complexity index is 690.